The molecule has 0 unspecified atom stereocenters. The van der Waals surface area contributed by atoms with Gasteiger partial charge in [-0.1, -0.05) is 0 Å². The Morgan fingerprint density at radius 2 is 2.04 bits per heavy atom. The highest BCUT2D eigenvalue weighted by Crippen LogP contribution is 2.13. The first-order valence-electron chi connectivity index (χ1n) is 7.01. The molecule has 0 radical (unpaired) electrons. The van der Waals surface area contributed by atoms with Gasteiger partial charge in [0.2, 0.25) is 0 Å². The third-order valence-corrected chi connectivity index (χ3v) is 4.13. The number of aryl methyl sites for hydroxylation is 1. The van der Waals surface area contributed by atoms with Gasteiger partial charge in [-0.25, -0.2) is 14.1 Å². The van der Waals surface area contributed by atoms with Crippen LogP contribution in [0.3, 0.4) is 0 Å². The molecule has 1 amide bonds. The molecule has 0 atom stereocenters. The van der Waals surface area contributed by atoms with Gasteiger partial charge >= 0.3 is 0 Å². The smallest absolute Gasteiger partial charge is 0.274 e. The number of carbonyl (C=O) groups excluding carboxylic acids is 1. The van der Waals surface area contributed by atoms with E-state index in [4.69, 9.17) is 0 Å². The Labute approximate surface area is 137 Å². The van der Waals surface area contributed by atoms with Crippen molar-refractivity contribution in [2.75, 3.05) is 7.05 Å². The summed E-state index contributed by atoms with van der Waals surface area (Å²) < 4.78 is 14.5. The summed E-state index contributed by atoms with van der Waals surface area (Å²) in [6, 6.07) is 7.58. The lowest BCUT2D eigenvalue weighted by atomic mass is 10.3. The fourth-order valence-electron chi connectivity index (χ4n) is 2.17. The number of aromatic nitrogens is 3. The molecule has 0 N–H and O–H groups in total. The Morgan fingerprint density at radius 1 is 1.30 bits per heavy atom. The third kappa shape index (κ3) is 3.45. The van der Waals surface area contributed by atoms with Crippen LogP contribution in [0.25, 0.3) is 5.69 Å². The largest absolute Gasteiger partial charge is 0.334 e. The first-order valence-corrected chi connectivity index (χ1v) is 7.89. The molecule has 0 aliphatic rings. The molecule has 0 fully saturated rings. The van der Waals surface area contributed by atoms with Gasteiger partial charge in [-0.15, -0.1) is 11.3 Å². The van der Waals surface area contributed by atoms with Crippen molar-refractivity contribution in [3.8, 4) is 5.69 Å². The highest BCUT2D eigenvalue weighted by molar-refractivity contribution is 7.09. The Hall–Kier alpha value is -2.54. The molecular weight excluding hydrogens is 315 g/mol. The van der Waals surface area contributed by atoms with E-state index in [1.54, 1.807) is 52.4 Å². The van der Waals surface area contributed by atoms with Gasteiger partial charge in [-0.3, -0.25) is 4.79 Å². The number of nitrogens with zero attached hydrogens (tertiary/aromatic N) is 4. The third-order valence-electron chi connectivity index (χ3n) is 3.31. The van der Waals surface area contributed by atoms with Crippen molar-refractivity contribution in [2.45, 2.75) is 13.5 Å². The zero-order valence-electron chi connectivity index (χ0n) is 12.7. The van der Waals surface area contributed by atoms with Crippen molar-refractivity contribution >= 4 is 17.2 Å². The summed E-state index contributed by atoms with van der Waals surface area (Å²) in [6.07, 6.45) is 1.68. The van der Waals surface area contributed by atoms with Gasteiger partial charge < -0.3 is 4.90 Å². The van der Waals surface area contributed by atoms with Gasteiger partial charge in [0.1, 0.15) is 5.82 Å². The summed E-state index contributed by atoms with van der Waals surface area (Å²) in [7, 11) is 1.72. The number of hydrogen-bond acceptors (Lipinski definition) is 4. The van der Waals surface area contributed by atoms with E-state index in [1.807, 2.05) is 12.3 Å². The molecule has 118 valence electrons. The van der Waals surface area contributed by atoms with E-state index < -0.39 is 0 Å². The van der Waals surface area contributed by atoms with Gasteiger partial charge in [0.25, 0.3) is 5.91 Å². The molecule has 0 spiro atoms. The van der Waals surface area contributed by atoms with E-state index in [-0.39, 0.29) is 11.7 Å². The lowest BCUT2D eigenvalue weighted by Gasteiger charge is -2.14. The van der Waals surface area contributed by atoms with Crippen LogP contribution in [-0.2, 0) is 6.54 Å². The van der Waals surface area contributed by atoms with Crippen LogP contribution in [0.15, 0.2) is 41.9 Å². The zero-order chi connectivity index (χ0) is 16.4. The summed E-state index contributed by atoms with van der Waals surface area (Å²) in [6.45, 7) is 2.37. The fraction of sp³-hybridized carbons (Fsp3) is 0.188. The molecule has 23 heavy (non-hydrogen) atoms. The van der Waals surface area contributed by atoms with E-state index in [1.165, 1.54) is 12.1 Å². The van der Waals surface area contributed by atoms with Crippen molar-refractivity contribution < 1.29 is 9.18 Å². The van der Waals surface area contributed by atoms with Crippen LogP contribution in [0.1, 0.15) is 21.2 Å². The van der Waals surface area contributed by atoms with E-state index in [0.29, 0.717) is 17.9 Å². The standard InChI is InChI=1S/C16H15FN4OS/c1-11-18-13(10-23-11)9-20(2)16(22)15-7-8-21(19-15)14-5-3-12(17)4-6-14/h3-8,10H,9H2,1-2H3. The number of thiazole rings is 1. The molecule has 2 aromatic heterocycles. The number of halogens is 1. The second-order valence-electron chi connectivity index (χ2n) is 5.14. The van der Waals surface area contributed by atoms with Crippen molar-refractivity contribution in [3.63, 3.8) is 0 Å². The van der Waals surface area contributed by atoms with Gasteiger partial charge in [0.15, 0.2) is 5.69 Å². The minimum absolute atomic E-state index is 0.184. The van der Waals surface area contributed by atoms with E-state index in [2.05, 4.69) is 10.1 Å². The average molecular weight is 330 g/mol. The molecule has 3 aromatic rings. The number of hydrogen-bond donors (Lipinski definition) is 0. The minimum atomic E-state index is -0.310. The molecule has 2 heterocycles. The molecular formula is C16H15FN4OS. The van der Waals surface area contributed by atoms with Gasteiger partial charge in [0, 0.05) is 18.6 Å². The summed E-state index contributed by atoms with van der Waals surface area (Å²) in [4.78, 5) is 18.3. The SMILES string of the molecule is Cc1nc(CN(C)C(=O)c2ccn(-c3ccc(F)cc3)n2)cs1. The van der Waals surface area contributed by atoms with E-state index in [9.17, 15) is 9.18 Å². The highest BCUT2D eigenvalue weighted by Gasteiger charge is 2.16. The van der Waals surface area contributed by atoms with Crippen LogP contribution in [-0.4, -0.2) is 32.6 Å². The van der Waals surface area contributed by atoms with Gasteiger partial charge in [0.05, 0.1) is 22.9 Å². The monoisotopic (exact) mass is 330 g/mol. The predicted molar refractivity (Wildman–Crippen MR) is 86.2 cm³/mol. The van der Waals surface area contributed by atoms with Crippen LogP contribution in [0.5, 0.6) is 0 Å². The van der Waals surface area contributed by atoms with Crippen LogP contribution in [0, 0.1) is 12.7 Å². The lowest BCUT2D eigenvalue weighted by molar-refractivity contribution is 0.0777. The summed E-state index contributed by atoms with van der Waals surface area (Å²) in [5.41, 5.74) is 1.90. The minimum Gasteiger partial charge on any atom is -0.334 e. The average Bonchev–Trinajstić information content (AvgIpc) is 3.16. The molecule has 0 aliphatic carbocycles. The molecule has 0 saturated heterocycles. The lowest BCUT2D eigenvalue weighted by Crippen LogP contribution is -2.26. The van der Waals surface area contributed by atoms with Crippen LogP contribution in [0.2, 0.25) is 0 Å². The van der Waals surface area contributed by atoms with E-state index in [0.717, 1.165) is 10.7 Å². The molecule has 0 bridgehead atoms. The normalized spacial score (nSPS) is 10.7. The molecule has 0 aliphatic heterocycles. The second kappa shape index (κ2) is 6.29. The first kappa shape index (κ1) is 15.4. The maximum Gasteiger partial charge on any atom is 0.274 e. The molecule has 3 rings (SSSR count). The summed E-state index contributed by atoms with van der Waals surface area (Å²) in [5.74, 6) is -0.494. The topological polar surface area (TPSA) is 51.0 Å². The van der Waals surface area contributed by atoms with Crippen molar-refractivity contribution in [3.05, 3.63) is 64.1 Å². The first-order chi connectivity index (χ1) is 11.0. The number of amides is 1. The number of carbonyl (C=O) groups is 1. The van der Waals surface area contributed by atoms with Crippen molar-refractivity contribution in [2.24, 2.45) is 0 Å². The maximum atomic E-state index is 13.0. The maximum absolute atomic E-state index is 13.0. The number of benzene rings is 1. The molecule has 5 nitrogen and oxygen atoms in total. The van der Waals surface area contributed by atoms with Gasteiger partial charge in [-0.2, -0.15) is 5.10 Å². The molecule has 0 saturated carbocycles. The Kier molecular flexibility index (Phi) is 4.20. The van der Waals surface area contributed by atoms with Crippen LogP contribution in [0.4, 0.5) is 4.39 Å². The van der Waals surface area contributed by atoms with Crippen LogP contribution >= 0.6 is 11.3 Å². The molecule has 7 heteroatoms. The van der Waals surface area contributed by atoms with Crippen LogP contribution < -0.4 is 0 Å². The van der Waals surface area contributed by atoms with Gasteiger partial charge in [-0.05, 0) is 37.3 Å². The second-order valence-corrected chi connectivity index (χ2v) is 6.20. The summed E-state index contributed by atoms with van der Waals surface area (Å²) in [5, 5.41) is 7.18. The van der Waals surface area contributed by atoms with E-state index >= 15 is 0 Å². The number of rotatable bonds is 4. The Morgan fingerprint density at radius 3 is 2.70 bits per heavy atom. The Bertz CT molecular complexity index is 825. The summed E-state index contributed by atoms with van der Waals surface area (Å²) >= 11 is 1.56. The predicted octanol–water partition coefficient (Wildman–Crippen LogP) is 3.05. The zero-order valence-corrected chi connectivity index (χ0v) is 13.5. The fourth-order valence-corrected chi connectivity index (χ4v) is 2.77. The highest BCUT2D eigenvalue weighted by atomic mass is 32.1. The van der Waals surface area contributed by atoms with Crippen molar-refractivity contribution in [1.29, 1.82) is 0 Å². The Balaban J connectivity index is 1.74. The van der Waals surface area contributed by atoms with Crippen molar-refractivity contribution in [1.82, 2.24) is 19.7 Å². The quantitative estimate of drug-likeness (QED) is 0.739. The molecule has 1 aromatic carbocycles.